The van der Waals surface area contributed by atoms with Crippen LogP contribution in [-0.4, -0.2) is 22.8 Å². The molecular weight excluding hydrogens is 302 g/mol. The standard InChI is InChI=1S/C16H20ClN3O2/c1-5-20-11(3)14(9-18-20)10(2)19-16(21)13-8-12(17)6-7-15(13)22-4/h6-10H,5H2,1-4H3,(H,19,21). The summed E-state index contributed by atoms with van der Waals surface area (Å²) in [5.41, 5.74) is 2.46. The molecule has 22 heavy (non-hydrogen) atoms. The number of carbonyl (C=O) groups excluding carboxylic acids is 1. The Bertz CT molecular complexity index is 682. The second-order valence-corrected chi connectivity index (χ2v) is 5.48. The maximum atomic E-state index is 12.5. The summed E-state index contributed by atoms with van der Waals surface area (Å²) in [6.45, 7) is 6.76. The molecule has 0 saturated carbocycles. The fourth-order valence-corrected chi connectivity index (χ4v) is 2.59. The molecule has 1 atom stereocenters. The number of aryl methyl sites for hydroxylation is 1. The lowest BCUT2D eigenvalue weighted by Gasteiger charge is -2.15. The molecule has 0 fully saturated rings. The van der Waals surface area contributed by atoms with Gasteiger partial charge < -0.3 is 10.1 Å². The molecule has 1 aromatic carbocycles. The molecule has 118 valence electrons. The SMILES string of the molecule is CCn1ncc(C(C)NC(=O)c2cc(Cl)ccc2OC)c1C. The van der Waals surface area contributed by atoms with Gasteiger partial charge in [0.1, 0.15) is 5.75 Å². The van der Waals surface area contributed by atoms with E-state index in [4.69, 9.17) is 16.3 Å². The third kappa shape index (κ3) is 3.25. The zero-order valence-corrected chi connectivity index (χ0v) is 13.9. The Labute approximate surface area is 135 Å². The Morgan fingerprint density at radius 2 is 2.23 bits per heavy atom. The number of carbonyl (C=O) groups is 1. The summed E-state index contributed by atoms with van der Waals surface area (Å²) in [4.78, 5) is 12.5. The molecule has 1 unspecified atom stereocenters. The first-order chi connectivity index (χ1) is 10.5. The molecule has 0 spiro atoms. The van der Waals surface area contributed by atoms with Crippen LogP contribution in [0, 0.1) is 6.92 Å². The van der Waals surface area contributed by atoms with Crippen molar-refractivity contribution in [3.63, 3.8) is 0 Å². The topological polar surface area (TPSA) is 56.2 Å². The molecule has 0 aliphatic carbocycles. The third-order valence-electron chi connectivity index (χ3n) is 3.66. The van der Waals surface area contributed by atoms with Crippen LogP contribution >= 0.6 is 11.6 Å². The van der Waals surface area contributed by atoms with Crippen molar-refractivity contribution >= 4 is 17.5 Å². The molecule has 2 aromatic rings. The van der Waals surface area contributed by atoms with Gasteiger partial charge in [-0.15, -0.1) is 0 Å². The summed E-state index contributed by atoms with van der Waals surface area (Å²) in [5, 5.41) is 7.76. The van der Waals surface area contributed by atoms with Gasteiger partial charge in [-0.05, 0) is 39.0 Å². The Balaban J connectivity index is 2.21. The molecular formula is C16H20ClN3O2. The number of nitrogens with zero attached hydrogens (tertiary/aromatic N) is 2. The maximum Gasteiger partial charge on any atom is 0.255 e. The highest BCUT2D eigenvalue weighted by molar-refractivity contribution is 6.31. The molecule has 0 saturated heterocycles. The number of methoxy groups -OCH3 is 1. The molecule has 2 rings (SSSR count). The molecule has 5 nitrogen and oxygen atoms in total. The molecule has 1 heterocycles. The van der Waals surface area contributed by atoms with E-state index in [0.717, 1.165) is 17.8 Å². The summed E-state index contributed by atoms with van der Waals surface area (Å²) < 4.78 is 7.12. The van der Waals surface area contributed by atoms with E-state index in [-0.39, 0.29) is 11.9 Å². The quantitative estimate of drug-likeness (QED) is 0.918. The number of amides is 1. The van der Waals surface area contributed by atoms with Crippen molar-refractivity contribution in [1.29, 1.82) is 0 Å². The van der Waals surface area contributed by atoms with Crippen molar-refractivity contribution < 1.29 is 9.53 Å². The second-order valence-electron chi connectivity index (χ2n) is 5.04. The van der Waals surface area contributed by atoms with Gasteiger partial charge in [0, 0.05) is 22.8 Å². The highest BCUT2D eigenvalue weighted by Crippen LogP contribution is 2.24. The van der Waals surface area contributed by atoms with Crippen LogP contribution in [0.5, 0.6) is 5.75 Å². The van der Waals surface area contributed by atoms with Gasteiger partial charge in [-0.25, -0.2) is 0 Å². The number of halogens is 1. The fourth-order valence-electron chi connectivity index (χ4n) is 2.41. The smallest absolute Gasteiger partial charge is 0.255 e. The normalized spacial score (nSPS) is 12.0. The van der Waals surface area contributed by atoms with Crippen LogP contribution in [0.4, 0.5) is 0 Å². The predicted octanol–water partition coefficient (Wildman–Crippen LogP) is 3.36. The predicted molar refractivity (Wildman–Crippen MR) is 86.5 cm³/mol. The molecule has 1 amide bonds. The summed E-state index contributed by atoms with van der Waals surface area (Å²) in [6.07, 6.45) is 1.79. The number of hydrogen-bond donors (Lipinski definition) is 1. The van der Waals surface area contributed by atoms with Crippen molar-refractivity contribution in [2.45, 2.75) is 33.4 Å². The molecule has 0 aliphatic heterocycles. The van der Waals surface area contributed by atoms with Gasteiger partial charge in [0.05, 0.1) is 24.9 Å². The zero-order chi connectivity index (χ0) is 16.3. The number of aromatic nitrogens is 2. The van der Waals surface area contributed by atoms with Crippen molar-refractivity contribution in [3.05, 3.63) is 46.2 Å². The van der Waals surface area contributed by atoms with Crippen LogP contribution in [-0.2, 0) is 6.54 Å². The highest BCUT2D eigenvalue weighted by atomic mass is 35.5. The van der Waals surface area contributed by atoms with E-state index >= 15 is 0 Å². The van der Waals surface area contributed by atoms with E-state index in [2.05, 4.69) is 10.4 Å². The Morgan fingerprint density at radius 1 is 1.50 bits per heavy atom. The minimum absolute atomic E-state index is 0.156. The summed E-state index contributed by atoms with van der Waals surface area (Å²) in [7, 11) is 1.53. The Morgan fingerprint density at radius 3 is 2.82 bits per heavy atom. The Kier molecular flexibility index (Phi) is 5.08. The van der Waals surface area contributed by atoms with E-state index in [1.807, 2.05) is 25.5 Å². The van der Waals surface area contributed by atoms with Gasteiger partial charge in [-0.1, -0.05) is 11.6 Å². The van der Waals surface area contributed by atoms with Crippen molar-refractivity contribution in [2.24, 2.45) is 0 Å². The monoisotopic (exact) mass is 321 g/mol. The lowest BCUT2D eigenvalue weighted by atomic mass is 10.1. The average molecular weight is 322 g/mol. The summed E-state index contributed by atoms with van der Waals surface area (Å²) in [5.74, 6) is 0.269. The number of ether oxygens (including phenoxy) is 1. The van der Waals surface area contributed by atoms with Gasteiger partial charge in [0.15, 0.2) is 0 Å². The van der Waals surface area contributed by atoms with Crippen LogP contribution in [0.2, 0.25) is 5.02 Å². The minimum Gasteiger partial charge on any atom is -0.496 e. The molecule has 1 aromatic heterocycles. The average Bonchev–Trinajstić information content (AvgIpc) is 2.88. The lowest BCUT2D eigenvalue weighted by Crippen LogP contribution is -2.27. The maximum absolute atomic E-state index is 12.5. The zero-order valence-electron chi connectivity index (χ0n) is 13.2. The number of hydrogen-bond acceptors (Lipinski definition) is 3. The van der Waals surface area contributed by atoms with Gasteiger partial charge in [0.25, 0.3) is 5.91 Å². The van der Waals surface area contributed by atoms with Gasteiger partial charge in [-0.2, -0.15) is 5.10 Å². The first-order valence-electron chi connectivity index (χ1n) is 7.14. The van der Waals surface area contributed by atoms with E-state index in [1.54, 1.807) is 24.4 Å². The minimum atomic E-state index is -0.226. The van der Waals surface area contributed by atoms with Gasteiger partial charge in [-0.3, -0.25) is 9.48 Å². The van der Waals surface area contributed by atoms with Crippen molar-refractivity contribution in [3.8, 4) is 5.75 Å². The number of nitrogens with one attached hydrogen (secondary N) is 1. The van der Waals surface area contributed by atoms with Crippen molar-refractivity contribution in [2.75, 3.05) is 7.11 Å². The highest BCUT2D eigenvalue weighted by Gasteiger charge is 2.18. The molecule has 0 radical (unpaired) electrons. The van der Waals surface area contributed by atoms with E-state index in [9.17, 15) is 4.79 Å². The first-order valence-corrected chi connectivity index (χ1v) is 7.52. The molecule has 1 N–H and O–H groups in total. The van der Waals surface area contributed by atoms with Crippen molar-refractivity contribution in [1.82, 2.24) is 15.1 Å². The van der Waals surface area contributed by atoms with Gasteiger partial charge >= 0.3 is 0 Å². The molecule has 6 heteroatoms. The second kappa shape index (κ2) is 6.83. The van der Waals surface area contributed by atoms with Crippen LogP contribution in [0.15, 0.2) is 24.4 Å². The molecule has 0 bridgehead atoms. The largest absolute Gasteiger partial charge is 0.496 e. The number of rotatable bonds is 5. The van der Waals surface area contributed by atoms with E-state index < -0.39 is 0 Å². The van der Waals surface area contributed by atoms with Crippen LogP contribution in [0.1, 0.15) is 41.5 Å². The van der Waals surface area contributed by atoms with Crippen LogP contribution < -0.4 is 10.1 Å². The number of benzene rings is 1. The van der Waals surface area contributed by atoms with E-state index in [0.29, 0.717) is 16.3 Å². The van der Waals surface area contributed by atoms with Crippen LogP contribution in [0.25, 0.3) is 0 Å². The third-order valence-corrected chi connectivity index (χ3v) is 3.90. The first kappa shape index (κ1) is 16.4. The van der Waals surface area contributed by atoms with Crippen LogP contribution in [0.3, 0.4) is 0 Å². The van der Waals surface area contributed by atoms with Gasteiger partial charge in [0.2, 0.25) is 0 Å². The Hall–Kier alpha value is -2.01. The summed E-state index contributed by atoms with van der Waals surface area (Å²) >= 11 is 5.97. The summed E-state index contributed by atoms with van der Waals surface area (Å²) in [6, 6.07) is 4.82. The molecule has 0 aliphatic rings. The fraction of sp³-hybridized carbons (Fsp3) is 0.375. The lowest BCUT2D eigenvalue weighted by molar-refractivity contribution is 0.0937. The van der Waals surface area contributed by atoms with E-state index in [1.165, 1.54) is 7.11 Å².